The van der Waals surface area contributed by atoms with E-state index < -0.39 is 11.6 Å². The Kier molecular flexibility index (Phi) is 3.30. The van der Waals surface area contributed by atoms with Gasteiger partial charge in [-0.15, -0.1) is 0 Å². The highest BCUT2D eigenvalue weighted by Gasteiger charge is 2.37. The van der Waals surface area contributed by atoms with Gasteiger partial charge < -0.3 is 5.73 Å². The Balaban J connectivity index is 2.10. The van der Waals surface area contributed by atoms with Gasteiger partial charge in [-0.05, 0) is 36.6 Å². The lowest BCUT2D eigenvalue weighted by Crippen LogP contribution is -2.41. The SMILES string of the molecule is NCC1(c2ccc(F)c(-c3ccccc3F)c2)CCC1. The third-order valence-electron chi connectivity index (χ3n) is 4.44. The second-order valence-electron chi connectivity index (χ2n) is 5.51. The zero-order valence-corrected chi connectivity index (χ0v) is 11.2. The van der Waals surface area contributed by atoms with E-state index >= 15 is 0 Å². The molecule has 2 aromatic carbocycles. The number of nitrogens with two attached hydrogens (primary N) is 1. The van der Waals surface area contributed by atoms with E-state index in [0.717, 1.165) is 24.8 Å². The fourth-order valence-electron chi connectivity index (χ4n) is 2.96. The molecule has 1 fully saturated rings. The van der Waals surface area contributed by atoms with Crippen molar-refractivity contribution in [1.82, 2.24) is 0 Å². The highest BCUT2D eigenvalue weighted by molar-refractivity contribution is 5.66. The van der Waals surface area contributed by atoms with Crippen molar-refractivity contribution in [3.05, 3.63) is 59.7 Å². The Hall–Kier alpha value is -1.74. The summed E-state index contributed by atoms with van der Waals surface area (Å²) in [6.45, 7) is 0.551. The van der Waals surface area contributed by atoms with E-state index in [1.807, 2.05) is 0 Å². The molecule has 0 heterocycles. The Morgan fingerprint density at radius 1 is 0.950 bits per heavy atom. The average molecular weight is 273 g/mol. The predicted molar refractivity (Wildman–Crippen MR) is 76.4 cm³/mol. The van der Waals surface area contributed by atoms with Gasteiger partial charge in [-0.2, -0.15) is 0 Å². The van der Waals surface area contributed by atoms with Crippen LogP contribution in [0.15, 0.2) is 42.5 Å². The van der Waals surface area contributed by atoms with Crippen molar-refractivity contribution in [1.29, 1.82) is 0 Å². The first-order valence-corrected chi connectivity index (χ1v) is 6.91. The van der Waals surface area contributed by atoms with Crippen LogP contribution in [0, 0.1) is 11.6 Å². The molecule has 3 heteroatoms. The third kappa shape index (κ3) is 2.02. The third-order valence-corrected chi connectivity index (χ3v) is 4.44. The smallest absolute Gasteiger partial charge is 0.131 e. The second-order valence-corrected chi connectivity index (χ2v) is 5.51. The molecule has 0 bridgehead atoms. The Morgan fingerprint density at radius 3 is 2.25 bits per heavy atom. The fourth-order valence-corrected chi connectivity index (χ4v) is 2.96. The number of hydrogen-bond acceptors (Lipinski definition) is 1. The van der Waals surface area contributed by atoms with Crippen LogP contribution in [0.2, 0.25) is 0 Å². The maximum absolute atomic E-state index is 14.1. The summed E-state index contributed by atoms with van der Waals surface area (Å²) in [6.07, 6.45) is 3.18. The maximum Gasteiger partial charge on any atom is 0.131 e. The van der Waals surface area contributed by atoms with Crippen molar-refractivity contribution in [3.8, 4) is 11.1 Å². The lowest BCUT2D eigenvalue weighted by atomic mass is 9.64. The van der Waals surface area contributed by atoms with E-state index in [4.69, 9.17) is 5.73 Å². The van der Waals surface area contributed by atoms with Crippen LogP contribution in [0.4, 0.5) is 8.78 Å². The van der Waals surface area contributed by atoms with Gasteiger partial charge in [0.25, 0.3) is 0 Å². The second kappa shape index (κ2) is 4.98. The van der Waals surface area contributed by atoms with Crippen LogP contribution in [-0.2, 0) is 5.41 Å². The summed E-state index contributed by atoms with van der Waals surface area (Å²) < 4.78 is 27.9. The summed E-state index contributed by atoms with van der Waals surface area (Å²) in [5.41, 5.74) is 7.48. The minimum atomic E-state index is -0.404. The van der Waals surface area contributed by atoms with Crippen LogP contribution < -0.4 is 5.73 Å². The Bertz CT molecular complexity index is 627. The monoisotopic (exact) mass is 273 g/mol. The van der Waals surface area contributed by atoms with Gasteiger partial charge in [0, 0.05) is 23.1 Å². The van der Waals surface area contributed by atoms with Gasteiger partial charge in [0.15, 0.2) is 0 Å². The molecule has 20 heavy (non-hydrogen) atoms. The van der Waals surface area contributed by atoms with Crippen LogP contribution in [0.3, 0.4) is 0 Å². The minimum absolute atomic E-state index is 0.0479. The summed E-state index contributed by atoms with van der Waals surface area (Å²) in [5, 5.41) is 0. The molecule has 2 N–H and O–H groups in total. The average Bonchev–Trinajstić information content (AvgIpc) is 2.41. The van der Waals surface area contributed by atoms with Crippen molar-refractivity contribution in [2.45, 2.75) is 24.7 Å². The summed E-state index contributed by atoms with van der Waals surface area (Å²) in [5.74, 6) is -0.802. The van der Waals surface area contributed by atoms with Crippen molar-refractivity contribution < 1.29 is 8.78 Å². The number of hydrogen-bond donors (Lipinski definition) is 1. The first-order chi connectivity index (χ1) is 9.66. The van der Waals surface area contributed by atoms with Crippen molar-refractivity contribution >= 4 is 0 Å². The van der Waals surface area contributed by atoms with Crippen LogP contribution >= 0.6 is 0 Å². The van der Waals surface area contributed by atoms with Gasteiger partial charge in [-0.3, -0.25) is 0 Å². The molecule has 0 atom stereocenters. The molecular weight excluding hydrogens is 256 g/mol. The molecule has 0 radical (unpaired) electrons. The summed E-state index contributed by atoms with van der Waals surface area (Å²) in [6, 6.07) is 11.2. The van der Waals surface area contributed by atoms with E-state index in [9.17, 15) is 8.78 Å². The van der Waals surface area contributed by atoms with Gasteiger partial charge in [0.1, 0.15) is 11.6 Å². The van der Waals surface area contributed by atoms with Crippen molar-refractivity contribution in [2.24, 2.45) is 5.73 Å². The highest BCUT2D eigenvalue weighted by Crippen LogP contribution is 2.44. The zero-order valence-electron chi connectivity index (χ0n) is 11.2. The number of rotatable bonds is 3. The lowest BCUT2D eigenvalue weighted by Gasteiger charge is -2.41. The molecular formula is C17H17F2N. The summed E-state index contributed by atoms with van der Waals surface area (Å²) in [4.78, 5) is 0. The quantitative estimate of drug-likeness (QED) is 0.898. The van der Waals surface area contributed by atoms with E-state index in [0.29, 0.717) is 17.7 Å². The lowest BCUT2D eigenvalue weighted by molar-refractivity contribution is 0.253. The summed E-state index contributed by atoms with van der Waals surface area (Å²) >= 11 is 0. The van der Waals surface area contributed by atoms with E-state index in [1.54, 1.807) is 30.3 Å². The van der Waals surface area contributed by atoms with Crippen molar-refractivity contribution in [2.75, 3.05) is 6.54 Å². The molecule has 2 aromatic rings. The van der Waals surface area contributed by atoms with Crippen LogP contribution in [0.25, 0.3) is 11.1 Å². The van der Waals surface area contributed by atoms with Crippen molar-refractivity contribution in [3.63, 3.8) is 0 Å². The van der Waals surface area contributed by atoms with Gasteiger partial charge in [0.2, 0.25) is 0 Å². The fraction of sp³-hybridized carbons (Fsp3) is 0.294. The molecule has 3 rings (SSSR count). The predicted octanol–water partition coefficient (Wildman–Crippen LogP) is 4.01. The number of halogens is 2. The first-order valence-electron chi connectivity index (χ1n) is 6.91. The molecule has 1 saturated carbocycles. The minimum Gasteiger partial charge on any atom is -0.330 e. The van der Waals surface area contributed by atoms with E-state index in [-0.39, 0.29) is 5.41 Å². The molecule has 0 aromatic heterocycles. The molecule has 0 unspecified atom stereocenters. The van der Waals surface area contributed by atoms with E-state index in [1.165, 1.54) is 12.1 Å². The molecule has 1 aliphatic carbocycles. The molecule has 0 aliphatic heterocycles. The largest absolute Gasteiger partial charge is 0.330 e. The number of benzene rings is 2. The van der Waals surface area contributed by atoms with E-state index in [2.05, 4.69) is 0 Å². The normalized spacial score (nSPS) is 16.8. The van der Waals surface area contributed by atoms with Gasteiger partial charge >= 0.3 is 0 Å². The topological polar surface area (TPSA) is 26.0 Å². The molecule has 1 nitrogen and oxygen atoms in total. The molecule has 104 valence electrons. The standard InChI is InChI=1S/C17H17F2N/c18-15-5-2-1-4-13(15)14-10-12(6-7-16(14)19)17(11-20)8-3-9-17/h1-2,4-7,10H,3,8-9,11,20H2. The van der Waals surface area contributed by atoms with Crippen LogP contribution in [0.5, 0.6) is 0 Å². The van der Waals surface area contributed by atoms with Gasteiger partial charge in [-0.1, -0.05) is 30.7 Å². The van der Waals surface area contributed by atoms with Crippen LogP contribution in [-0.4, -0.2) is 6.54 Å². The van der Waals surface area contributed by atoms with Gasteiger partial charge in [0.05, 0.1) is 0 Å². The van der Waals surface area contributed by atoms with Gasteiger partial charge in [-0.25, -0.2) is 8.78 Å². The zero-order chi connectivity index (χ0) is 14.2. The Labute approximate surface area is 117 Å². The highest BCUT2D eigenvalue weighted by atomic mass is 19.1. The molecule has 0 saturated heterocycles. The first kappa shape index (κ1) is 13.3. The molecule has 0 spiro atoms. The summed E-state index contributed by atoms with van der Waals surface area (Å²) in [7, 11) is 0. The molecule has 0 amide bonds. The molecule has 1 aliphatic rings. The maximum atomic E-state index is 14.1. The van der Waals surface area contributed by atoms with Crippen LogP contribution in [0.1, 0.15) is 24.8 Å². The Morgan fingerprint density at radius 2 is 1.65 bits per heavy atom.